The van der Waals surface area contributed by atoms with Gasteiger partial charge in [0, 0.05) is 6.04 Å². The number of carboxylic acids is 1. The van der Waals surface area contributed by atoms with E-state index in [0.717, 1.165) is 0 Å². The van der Waals surface area contributed by atoms with Gasteiger partial charge in [-0.05, 0) is 11.1 Å². The molecule has 0 radical (unpaired) electrons. The van der Waals surface area contributed by atoms with Crippen molar-refractivity contribution in [3.8, 4) is 0 Å². The quantitative estimate of drug-likeness (QED) is 0.672. The number of aryl methyl sites for hydroxylation is 1. The number of aliphatic carboxylic acids is 1. The lowest BCUT2D eigenvalue weighted by molar-refractivity contribution is -0.137. The second-order valence-corrected chi connectivity index (χ2v) is 4.15. The zero-order valence-electron chi connectivity index (χ0n) is 10.4. The number of carboxylic acid groups (broad SMARTS) is 1. The third kappa shape index (κ3) is 4.36. The minimum Gasteiger partial charge on any atom is -0.481 e. The Hall–Kier alpha value is -2.19. The van der Waals surface area contributed by atoms with Gasteiger partial charge in [-0.15, -0.1) is 5.10 Å². The van der Waals surface area contributed by atoms with Gasteiger partial charge in [0.25, 0.3) is 5.95 Å². The van der Waals surface area contributed by atoms with Crippen LogP contribution in [0.4, 0.5) is 10.7 Å². The highest BCUT2D eigenvalue weighted by Gasteiger charge is 2.19. The van der Waals surface area contributed by atoms with E-state index in [1.54, 1.807) is 7.05 Å². The predicted molar refractivity (Wildman–Crippen MR) is 61.8 cm³/mol. The van der Waals surface area contributed by atoms with E-state index < -0.39 is 18.0 Å². The Kier molecular flexibility index (Phi) is 4.58. The number of hydrogen-bond acceptors (Lipinski definition) is 5. The lowest BCUT2D eigenvalue weighted by Gasteiger charge is -2.20. The first kappa shape index (κ1) is 13.9. The lowest BCUT2D eigenvalue weighted by atomic mass is 10.0. The summed E-state index contributed by atoms with van der Waals surface area (Å²) in [4.78, 5) is 23.4. The fourth-order valence-corrected chi connectivity index (χ4v) is 1.28. The molecule has 0 saturated heterocycles. The molecular weight excluding hydrogens is 240 g/mol. The van der Waals surface area contributed by atoms with Crippen molar-refractivity contribution in [2.45, 2.75) is 26.3 Å². The zero-order chi connectivity index (χ0) is 13.7. The molecule has 0 aromatic carbocycles. The second kappa shape index (κ2) is 5.94. The summed E-state index contributed by atoms with van der Waals surface area (Å²) in [7, 11) is 1.57. The summed E-state index contributed by atoms with van der Waals surface area (Å²) in [5.74, 6) is -0.902. The molecule has 1 atom stereocenters. The number of nitrogens with zero attached hydrogens (tertiary/aromatic N) is 4. The molecule has 0 aliphatic carbocycles. The van der Waals surface area contributed by atoms with Crippen molar-refractivity contribution in [3.63, 3.8) is 0 Å². The number of tetrazole rings is 1. The molecule has 2 amide bonds. The monoisotopic (exact) mass is 256 g/mol. The van der Waals surface area contributed by atoms with E-state index in [-0.39, 0.29) is 18.3 Å². The Labute approximate surface area is 104 Å². The van der Waals surface area contributed by atoms with Gasteiger partial charge in [0.2, 0.25) is 0 Å². The summed E-state index contributed by atoms with van der Waals surface area (Å²) in [5, 5.41) is 24.6. The van der Waals surface area contributed by atoms with Gasteiger partial charge in [-0.1, -0.05) is 18.9 Å². The minimum atomic E-state index is -0.966. The Balaban J connectivity index is 2.53. The van der Waals surface area contributed by atoms with Crippen LogP contribution in [0.1, 0.15) is 20.3 Å². The van der Waals surface area contributed by atoms with Crippen LogP contribution in [-0.2, 0) is 11.8 Å². The summed E-state index contributed by atoms with van der Waals surface area (Å²) in [5.41, 5.74) is 0. The van der Waals surface area contributed by atoms with E-state index in [9.17, 15) is 9.59 Å². The number of rotatable bonds is 5. The molecule has 9 nitrogen and oxygen atoms in total. The van der Waals surface area contributed by atoms with Crippen molar-refractivity contribution in [1.82, 2.24) is 25.5 Å². The number of carbonyl (C=O) groups is 2. The molecule has 1 aromatic heterocycles. The van der Waals surface area contributed by atoms with Crippen LogP contribution in [0.25, 0.3) is 0 Å². The predicted octanol–water partition coefficient (Wildman–Crippen LogP) is -0.169. The maximum absolute atomic E-state index is 11.6. The molecule has 1 heterocycles. The SMILES string of the molecule is CC(C)C(CC(=O)O)NC(=O)Nc1nnn(C)n1. The molecule has 0 bridgehead atoms. The first-order chi connectivity index (χ1) is 8.38. The molecule has 1 aromatic rings. The van der Waals surface area contributed by atoms with E-state index in [1.807, 2.05) is 13.8 Å². The molecular formula is C9H16N6O3. The van der Waals surface area contributed by atoms with Crippen molar-refractivity contribution in [2.75, 3.05) is 5.32 Å². The van der Waals surface area contributed by atoms with E-state index in [1.165, 1.54) is 4.80 Å². The van der Waals surface area contributed by atoms with Crippen molar-refractivity contribution < 1.29 is 14.7 Å². The average molecular weight is 256 g/mol. The van der Waals surface area contributed by atoms with Gasteiger partial charge in [-0.3, -0.25) is 10.1 Å². The fourth-order valence-electron chi connectivity index (χ4n) is 1.28. The first-order valence-corrected chi connectivity index (χ1v) is 5.41. The molecule has 0 spiro atoms. The molecule has 18 heavy (non-hydrogen) atoms. The Morgan fingerprint density at radius 2 is 2.11 bits per heavy atom. The molecule has 3 N–H and O–H groups in total. The van der Waals surface area contributed by atoms with Gasteiger partial charge in [0.1, 0.15) is 0 Å². The van der Waals surface area contributed by atoms with Crippen LogP contribution < -0.4 is 10.6 Å². The molecule has 1 rings (SSSR count). The number of carbonyl (C=O) groups excluding carboxylic acids is 1. The van der Waals surface area contributed by atoms with Crippen LogP contribution in [0.5, 0.6) is 0 Å². The molecule has 100 valence electrons. The van der Waals surface area contributed by atoms with Crippen molar-refractivity contribution in [3.05, 3.63) is 0 Å². The largest absolute Gasteiger partial charge is 0.481 e. The molecule has 0 aliphatic rings. The maximum Gasteiger partial charge on any atom is 0.321 e. The summed E-state index contributed by atoms with van der Waals surface area (Å²) in [6, 6.07) is -1.01. The van der Waals surface area contributed by atoms with Crippen LogP contribution in [0, 0.1) is 5.92 Å². The first-order valence-electron chi connectivity index (χ1n) is 5.41. The Bertz CT molecular complexity index is 430. The van der Waals surface area contributed by atoms with Crippen LogP contribution >= 0.6 is 0 Å². The number of aromatic nitrogens is 4. The lowest BCUT2D eigenvalue weighted by Crippen LogP contribution is -2.42. The van der Waals surface area contributed by atoms with E-state index in [4.69, 9.17) is 5.11 Å². The maximum atomic E-state index is 11.6. The standard InChI is InChI=1S/C9H16N6O3/c1-5(2)6(4-7(16)17)10-9(18)11-8-12-14-15(3)13-8/h5-6H,4H2,1-3H3,(H,16,17)(H2,10,11,13,18). The van der Waals surface area contributed by atoms with Gasteiger partial charge in [0.15, 0.2) is 0 Å². The third-order valence-electron chi connectivity index (χ3n) is 2.25. The van der Waals surface area contributed by atoms with Gasteiger partial charge in [-0.2, -0.15) is 4.80 Å². The summed E-state index contributed by atoms with van der Waals surface area (Å²) in [6.45, 7) is 3.66. The Morgan fingerprint density at radius 3 is 2.56 bits per heavy atom. The minimum absolute atomic E-state index is 0.00154. The van der Waals surface area contributed by atoms with Gasteiger partial charge in [-0.25, -0.2) is 4.79 Å². The van der Waals surface area contributed by atoms with Gasteiger partial charge >= 0.3 is 12.0 Å². The Morgan fingerprint density at radius 1 is 1.44 bits per heavy atom. The highest BCUT2D eigenvalue weighted by molar-refractivity contribution is 5.87. The number of anilines is 1. The molecule has 0 fully saturated rings. The molecule has 0 saturated carbocycles. The number of hydrogen-bond donors (Lipinski definition) is 3. The smallest absolute Gasteiger partial charge is 0.321 e. The summed E-state index contributed by atoms with van der Waals surface area (Å²) < 4.78 is 0. The van der Waals surface area contributed by atoms with Crippen LogP contribution in [0.15, 0.2) is 0 Å². The summed E-state index contributed by atoms with van der Waals surface area (Å²) >= 11 is 0. The molecule has 9 heteroatoms. The highest BCUT2D eigenvalue weighted by atomic mass is 16.4. The number of urea groups is 1. The number of amides is 2. The third-order valence-corrected chi connectivity index (χ3v) is 2.25. The number of nitrogens with one attached hydrogen (secondary N) is 2. The highest BCUT2D eigenvalue weighted by Crippen LogP contribution is 2.06. The normalized spacial score (nSPS) is 12.2. The second-order valence-electron chi connectivity index (χ2n) is 4.15. The molecule has 1 unspecified atom stereocenters. The van der Waals surface area contributed by atoms with Crippen molar-refractivity contribution in [1.29, 1.82) is 0 Å². The van der Waals surface area contributed by atoms with Crippen LogP contribution in [-0.4, -0.2) is 43.4 Å². The van der Waals surface area contributed by atoms with Gasteiger partial charge in [0.05, 0.1) is 13.5 Å². The van der Waals surface area contributed by atoms with E-state index >= 15 is 0 Å². The van der Waals surface area contributed by atoms with Crippen LogP contribution in [0.2, 0.25) is 0 Å². The topological polar surface area (TPSA) is 122 Å². The van der Waals surface area contributed by atoms with E-state index in [0.29, 0.717) is 0 Å². The van der Waals surface area contributed by atoms with E-state index in [2.05, 4.69) is 26.0 Å². The summed E-state index contributed by atoms with van der Waals surface area (Å²) in [6.07, 6.45) is -0.140. The van der Waals surface area contributed by atoms with Crippen molar-refractivity contribution in [2.24, 2.45) is 13.0 Å². The molecule has 0 aliphatic heterocycles. The van der Waals surface area contributed by atoms with Crippen molar-refractivity contribution >= 4 is 17.9 Å². The average Bonchev–Trinajstić information content (AvgIpc) is 2.62. The fraction of sp³-hybridized carbons (Fsp3) is 0.667. The van der Waals surface area contributed by atoms with Gasteiger partial charge < -0.3 is 10.4 Å². The zero-order valence-corrected chi connectivity index (χ0v) is 10.4. The van der Waals surface area contributed by atoms with Crippen LogP contribution in [0.3, 0.4) is 0 Å².